The maximum Gasteiger partial charge on any atom is 0.232 e. The van der Waals surface area contributed by atoms with Gasteiger partial charge in [-0.25, -0.2) is 4.39 Å². The molecule has 4 nitrogen and oxygen atoms in total. The van der Waals surface area contributed by atoms with Crippen molar-refractivity contribution in [2.45, 2.75) is 11.4 Å². The average Bonchev–Trinajstić information content (AvgIpc) is 2.61. The number of thioether (sulfide) groups is 1. The third-order valence-electron chi connectivity index (χ3n) is 3.63. The van der Waals surface area contributed by atoms with Gasteiger partial charge in [-0.15, -0.1) is 11.8 Å². The fourth-order valence-corrected chi connectivity index (χ4v) is 3.17. The molecular formula is C18H18FNO3S. The van der Waals surface area contributed by atoms with Crippen LogP contribution in [0.15, 0.2) is 47.4 Å². The molecule has 1 aliphatic rings. The van der Waals surface area contributed by atoms with Gasteiger partial charge in [0.15, 0.2) is 11.5 Å². The molecule has 2 aromatic rings. The highest BCUT2D eigenvalue weighted by molar-refractivity contribution is 8.00. The maximum absolute atomic E-state index is 12.9. The molecule has 0 bridgehead atoms. The lowest BCUT2D eigenvalue weighted by atomic mass is 10.2. The van der Waals surface area contributed by atoms with Gasteiger partial charge in [-0.3, -0.25) is 4.79 Å². The molecule has 24 heavy (non-hydrogen) atoms. The van der Waals surface area contributed by atoms with Gasteiger partial charge in [0.2, 0.25) is 5.91 Å². The van der Waals surface area contributed by atoms with Gasteiger partial charge in [-0.05, 0) is 42.0 Å². The highest BCUT2D eigenvalue weighted by Crippen LogP contribution is 2.31. The van der Waals surface area contributed by atoms with E-state index < -0.39 is 0 Å². The van der Waals surface area contributed by atoms with Crippen molar-refractivity contribution in [1.82, 2.24) is 4.90 Å². The van der Waals surface area contributed by atoms with Crippen molar-refractivity contribution >= 4 is 17.7 Å². The highest BCUT2D eigenvalue weighted by atomic mass is 32.2. The standard InChI is InChI=1S/C18H18FNO3S/c1-20(18(21)12-24-15-5-3-14(19)4-6-15)11-13-2-7-16-17(10-13)23-9-8-22-16/h2-7,10H,8-9,11-12H2,1H3. The number of nitrogens with zero attached hydrogens (tertiary/aromatic N) is 1. The molecule has 1 aliphatic heterocycles. The quantitative estimate of drug-likeness (QED) is 0.778. The predicted octanol–water partition coefficient (Wildman–Crippen LogP) is 3.35. The zero-order valence-corrected chi connectivity index (χ0v) is 14.1. The van der Waals surface area contributed by atoms with E-state index in [0.29, 0.717) is 25.5 Å². The van der Waals surface area contributed by atoms with E-state index in [1.54, 1.807) is 24.1 Å². The van der Waals surface area contributed by atoms with E-state index in [0.717, 1.165) is 22.0 Å². The molecule has 1 amide bonds. The third kappa shape index (κ3) is 4.20. The normalized spacial score (nSPS) is 12.8. The largest absolute Gasteiger partial charge is 0.486 e. The van der Waals surface area contributed by atoms with Crippen LogP contribution in [0.25, 0.3) is 0 Å². The molecule has 0 aromatic heterocycles. The molecule has 1 heterocycles. The van der Waals surface area contributed by atoms with Crippen LogP contribution in [0.4, 0.5) is 4.39 Å². The summed E-state index contributed by atoms with van der Waals surface area (Å²) in [6.07, 6.45) is 0. The van der Waals surface area contributed by atoms with Crippen molar-refractivity contribution < 1.29 is 18.7 Å². The van der Waals surface area contributed by atoms with E-state index in [-0.39, 0.29) is 11.7 Å². The topological polar surface area (TPSA) is 38.8 Å². The molecule has 3 rings (SSSR count). The Kier molecular flexibility index (Phi) is 5.25. The van der Waals surface area contributed by atoms with Crippen LogP contribution in [0.1, 0.15) is 5.56 Å². The number of carbonyl (C=O) groups is 1. The summed E-state index contributed by atoms with van der Waals surface area (Å²) >= 11 is 1.40. The first kappa shape index (κ1) is 16.6. The molecule has 0 saturated heterocycles. The molecule has 0 unspecified atom stereocenters. The maximum atomic E-state index is 12.9. The number of rotatable bonds is 5. The van der Waals surface area contributed by atoms with Gasteiger partial charge in [0, 0.05) is 18.5 Å². The van der Waals surface area contributed by atoms with Crippen LogP contribution in [0.3, 0.4) is 0 Å². The van der Waals surface area contributed by atoms with Crippen molar-refractivity contribution in [3.05, 3.63) is 53.8 Å². The lowest BCUT2D eigenvalue weighted by Crippen LogP contribution is -2.27. The summed E-state index contributed by atoms with van der Waals surface area (Å²) in [5, 5.41) is 0. The highest BCUT2D eigenvalue weighted by Gasteiger charge is 2.14. The summed E-state index contributed by atoms with van der Waals surface area (Å²) in [5.74, 6) is 1.51. The van der Waals surface area contributed by atoms with Gasteiger partial charge >= 0.3 is 0 Å². The number of ether oxygens (including phenoxy) is 2. The molecule has 0 spiro atoms. The van der Waals surface area contributed by atoms with E-state index in [2.05, 4.69) is 0 Å². The first-order valence-corrected chi connectivity index (χ1v) is 8.61. The van der Waals surface area contributed by atoms with Gasteiger partial charge < -0.3 is 14.4 Å². The number of hydrogen-bond acceptors (Lipinski definition) is 4. The third-order valence-corrected chi connectivity index (χ3v) is 4.62. The summed E-state index contributed by atoms with van der Waals surface area (Å²) in [6.45, 7) is 1.60. The van der Waals surface area contributed by atoms with Crippen LogP contribution in [0.2, 0.25) is 0 Å². The van der Waals surface area contributed by atoms with Crippen LogP contribution in [0, 0.1) is 5.82 Å². The SMILES string of the molecule is CN(Cc1ccc2c(c1)OCCO2)C(=O)CSc1ccc(F)cc1. The fourth-order valence-electron chi connectivity index (χ4n) is 2.33. The molecule has 0 fully saturated rings. The fraction of sp³-hybridized carbons (Fsp3) is 0.278. The van der Waals surface area contributed by atoms with Crippen molar-refractivity contribution in [2.75, 3.05) is 26.0 Å². The predicted molar refractivity (Wildman–Crippen MR) is 91.0 cm³/mol. The first-order chi connectivity index (χ1) is 11.6. The number of halogens is 1. The Morgan fingerprint density at radius 2 is 1.83 bits per heavy atom. The van der Waals surface area contributed by atoms with Crippen LogP contribution < -0.4 is 9.47 Å². The van der Waals surface area contributed by atoms with E-state index in [1.165, 1.54) is 23.9 Å². The second-order valence-corrected chi connectivity index (χ2v) is 6.52. The molecule has 0 N–H and O–H groups in total. The zero-order chi connectivity index (χ0) is 16.9. The Balaban J connectivity index is 1.55. The Labute approximate surface area is 144 Å². The minimum Gasteiger partial charge on any atom is -0.486 e. The minimum atomic E-state index is -0.276. The average molecular weight is 347 g/mol. The van der Waals surface area contributed by atoms with Crippen LogP contribution >= 0.6 is 11.8 Å². The van der Waals surface area contributed by atoms with Crippen molar-refractivity contribution in [1.29, 1.82) is 0 Å². The van der Waals surface area contributed by atoms with Gasteiger partial charge in [-0.1, -0.05) is 6.07 Å². The lowest BCUT2D eigenvalue weighted by molar-refractivity contribution is -0.127. The zero-order valence-electron chi connectivity index (χ0n) is 13.3. The van der Waals surface area contributed by atoms with E-state index >= 15 is 0 Å². The van der Waals surface area contributed by atoms with Gasteiger partial charge in [0.1, 0.15) is 19.0 Å². The minimum absolute atomic E-state index is 0.0132. The number of amides is 1. The Bertz CT molecular complexity index is 721. The smallest absolute Gasteiger partial charge is 0.232 e. The van der Waals surface area contributed by atoms with Crippen LogP contribution in [0.5, 0.6) is 11.5 Å². The number of benzene rings is 2. The number of carbonyl (C=O) groups excluding carboxylic acids is 1. The van der Waals surface area contributed by atoms with Gasteiger partial charge in [-0.2, -0.15) is 0 Å². The molecule has 6 heteroatoms. The molecule has 0 radical (unpaired) electrons. The Hall–Kier alpha value is -2.21. The van der Waals surface area contributed by atoms with E-state index in [1.807, 2.05) is 18.2 Å². The van der Waals surface area contributed by atoms with Crippen molar-refractivity contribution in [2.24, 2.45) is 0 Å². The van der Waals surface area contributed by atoms with Crippen LogP contribution in [-0.4, -0.2) is 36.8 Å². The van der Waals surface area contributed by atoms with Crippen molar-refractivity contribution in [3.8, 4) is 11.5 Å². The van der Waals surface area contributed by atoms with Gasteiger partial charge in [0.25, 0.3) is 0 Å². The number of hydrogen-bond donors (Lipinski definition) is 0. The second-order valence-electron chi connectivity index (χ2n) is 5.47. The van der Waals surface area contributed by atoms with E-state index in [9.17, 15) is 9.18 Å². The second kappa shape index (κ2) is 7.57. The summed E-state index contributed by atoms with van der Waals surface area (Å²) in [7, 11) is 1.77. The summed E-state index contributed by atoms with van der Waals surface area (Å²) in [6, 6.07) is 11.9. The summed E-state index contributed by atoms with van der Waals surface area (Å²) in [5.41, 5.74) is 0.988. The molecule has 0 saturated carbocycles. The Morgan fingerprint density at radius 3 is 2.58 bits per heavy atom. The van der Waals surface area contributed by atoms with Crippen molar-refractivity contribution in [3.63, 3.8) is 0 Å². The summed E-state index contributed by atoms with van der Waals surface area (Å²) < 4.78 is 23.9. The number of fused-ring (bicyclic) bond motifs is 1. The monoisotopic (exact) mass is 347 g/mol. The van der Waals surface area contributed by atoms with E-state index in [4.69, 9.17) is 9.47 Å². The van der Waals surface area contributed by atoms with Crippen LogP contribution in [-0.2, 0) is 11.3 Å². The van der Waals surface area contributed by atoms with Gasteiger partial charge in [0.05, 0.1) is 5.75 Å². The lowest BCUT2D eigenvalue weighted by Gasteiger charge is -2.21. The first-order valence-electron chi connectivity index (χ1n) is 7.63. The molecule has 126 valence electrons. The Morgan fingerprint density at radius 1 is 1.12 bits per heavy atom. The molecule has 2 aromatic carbocycles. The molecule has 0 atom stereocenters. The molecular weight excluding hydrogens is 329 g/mol. The molecule has 0 aliphatic carbocycles. The summed E-state index contributed by atoms with van der Waals surface area (Å²) in [4.78, 5) is 14.8.